The van der Waals surface area contributed by atoms with E-state index in [2.05, 4.69) is 10.3 Å². The number of benzene rings is 1. The molecule has 0 atom stereocenters. The van der Waals surface area contributed by atoms with Crippen molar-refractivity contribution in [3.8, 4) is 0 Å². The number of nitrogens with one attached hydrogen (secondary N) is 1. The minimum Gasteiger partial charge on any atom is -0.378 e. The predicted molar refractivity (Wildman–Crippen MR) is 68.2 cm³/mol. The Kier molecular flexibility index (Phi) is 3.23. The second-order valence-corrected chi connectivity index (χ2v) is 3.91. The molecule has 1 N–H and O–H groups in total. The highest BCUT2D eigenvalue weighted by molar-refractivity contribution is 5.60. The van der Waals surface area contributed by atoms with Gasteiger partial charge in [-0.1, -0.05) is 6.07 Å². The summed E-state index contributed by atoms with van der Waals surface area (Å²) >= 11 is 0. The van der Waals surface area contributed by atoms with Crippen molar-refractivity contribution in [2.24, 2.45) is 0 Å². The third kappa shape index (κ3) is 2.93. The van der Waals surface area contributed by atoms with E-state index in [4.69, 9.17) is 0 Å². The van der Waals surface area contributed by atoms with Gasteiger partial charge in [0, 0.05) is 25.5 Å². The zero-order valence-corrected chi connectivity index (χ0v) is 9.81. The maximum Gasteiger partial charge on any atom is 0.214 e. The molecule has 0 unspecified atom stereocenters. The second-order valence-electron chi connectivity index (χ2n) is 3.91. The number of pyridine rings is 1. The standard InChI is InChI=1S/C13H14FN3/c1-17(2)11-8-6-10(7-9-11)15-13-5-3-4-12(14)16-13/h3-9H,1-2H3,(H,15,16). The first-order valence-electron chi connectivity index (χ1n) is 5.32. The summed E-state index contributed by atoms with van der Waals surface area (Å²) < 4.78 is 12.9. The lowest BCUT2D eigenvalue weighted by molar-refractivity contribution is 0.585. The van der Waals surface area contributed by atoms with Gasteiger partial charge in [0.05, 0.1) is 0 Å². The summed E-state index contributed by atoms with van der Waals surface area (Å²) in [6.45, 7) is 0. The van der Waals surface area contributed by atoms with Crippen molar-refractivity contribution in [1.29, 1.82) is 0 Å². The monoisotopic (exact) mass is 231 g/mol. The fraction of sp³-hybridized carbons (Fsp3) is 0.154. The zero-order chi connectivity index (χ0) is 12.3. The smallest absolute Gasteiger partial charge is 0.214 e. The molecule has 1 aromatic carbocycles. The molecule has 0 spiro atoms. The van der Waals surface area contributed by atoms with Crippen molar-refractivity contribution in [3.63, 3.8) is 0 Å². The average Bonchev–Trinajstić information content (AvgIpc) is 2.29. The molecule has 0 aliphatic carbocycles. The maximum atomic E-state index is 12.9. The molecule has 3 nitrogen and oxygen atoms in total. The van der Waals surface area contributed by atoms with Crippen LogP contribution in [-0.4, -0.2) is 19.1 Å². The first kappa shape index (κ1) is 11.4. The summed E-state index contributed by atoms with van der Waals surface area (Å²) in [6, 6.07) is 12.5. The largest absolute Gasteiger partial charge is 0.378 e. The number of rotatable bonds is 3. The molecule has 4 heteroatoms. The minimum atomic E-state index is -0.486. The third-order valence-electron chi connectivity index (χ3n) is 2.37. The molecule has 17 heavy (non-hydrogen) atoms. The topological polar surface area (TPSA) is 28.2 Å². The molecule has 0 amide bonds. The fourth-order valence-corrected chi connectivity index (χ4v) is 1.47. The Balaban J connectivity index is 2.14. The van der Waals surface area contributed by atoms with Crippen molar-refractivity contribution >= 4 is 17.2 Å². The molecular formula is C13H14FN3. The van der Waals surface area contributed by atoms with Crippen LogP contribution in [0.3, 0.4) is 0 Å². The number of halogens is 1. The van der Waals surface area contributed by atoms with E-state index in [0.717, 1.165) is 11.4 Å². The van der Waals surface area contributed by atoms with Gasteiger partial charge in [-0.2, -0.15) is 4.39 Å². The second kappa shape index (κ2) is 4.82. The normalized spacial score (nSPS) is 10.1. The third-order valence-corrected chi connectivity index (χ3v) is 2.37. The molecule has 1 aromatic heterocycles. The van der Waals surface area contributed by atoms with Crippen molar-refractivity contribution in [2.75, 3.05) is 24.3 Å². The Hall–Kier alpha value is -2.10. The Labute approximate surface area is 99.9 Å². The van der Waals surface area contributed by atoms with E-state index in [1.165, 1.54) is 6.07 Å². The Bertz CT molecular complexity index is 494. The van der Waals surface area contributed by atoms with Gasteiger partial charge in [0.15, 0.2) is 0 Å². The van der Waals surface area contributed by atoms with Crippen LogP contribution in [0, 0.1) is 5.95 Å². The van der Waals surface area contributed by atoms with Gasteiger partial charge >= 0.3 is 0 Å². The van der Waals surface area contributed by atoms with Crippen LogP contribution in [0.15, 0.2) is 42.5 Å². The average molecular weight is 231 g/mol. The molecule has 88 valence electrons. The van der Waals surface area contributed by atoms with E-state index in [9.17, 15) is 4.39 Å². The number of anilines is 3. The molecule has 1 heterocycles. The van der Waals surface area contributed by atoms with Gasteiger partial charge in [-0.05, 0) is 36.4 Å². The molecule has 0 radical (unpaired) electrons. The summed E-state index contributed by atoms with van der Waals surface area (Å²) in [5.74, 6) is 0.0162. The lowest BCUT2D eigenvalue weighted by atomic mass is 10.2. The summed E-state index contributed by atoms with van der Waals surface area (Å²) in [5.41, 5.74) is 2.00. The van der Waals surface area contributed by atoms with E-state index in [-0.39, 0.29) is 0 Å². The van der Waals surface area contributed by atoms with E-state index in [1.54, 1.807) is 12.1 Å². The van der Waals surface area contributed by atoms with E-state index in [1.807, 2.05) is 43.3 Å². The zero-order valence-electron chi connectivity index (χ0n) is 9.81. The van der Waals surface area contributed by atoms with Crippen LogP contribution in [0.2, 0.25) is 0 Å². The van der Waals surface area contributed by atoms with Gasteiger partial charge in [0.2, 0.25) is 5.95 Å². The number of hydrogen-bond donors (Lipinski definition) is 1. The van der Waals surface area contributed by atoms with Crippen molar-refractivity contribution in [2.45, 2.75) is 0 Å². The molecule has 2 rings (SSSR count). The van der Waals surface area contributed by atoms with Gasteiger partial charge < -0.3 is 10.2 Å². The first-order valence-corrected chi connectivity index (χ1v) is 5.32. The molecule has 0 saturated carbocycles. The minimum absolute atomic E-state index is 0.486. The van der Waals surface area contributed by atoms with Gasteiger partial charge in [0.25, 0.3) is 0 Å². The van der Waals surface area contributed by atoms with Crippen LogP contribution in [0.4, 0.5) is 21.6 Å². The highest BCUT2D eigenvalue weighted by Crippen LogP contribution is 2.18. The van der Waals surface area contributed by atoms with Crippen LogP contribution in [-0.2, 0) is 0 Å². The Morgan fingerprint density at radius 3 is 2.35 bits per heavy atom. The summed E-state index contributed by atoms with van der Waals surface area (Å²) in [5, 5.41) is 3.04. The van der Waals surface area contributed by atoms with Crippen molar-refractivity contribution < 1.29 is 4.39 Å². The molecule has 0 fully saturated rings. The lowest BCUT2D eigenvalue weighted by Crippen LogP contribution is -2.08. The highest BCUT2D eigenvalue weighted by atomic mass is 19.1. The molecule has 0 aliphatic heterocycles. The Morgan fingerprint density at radius 1 is 1.06 bits per heavy atom. The van der Waals surface area contributed by atoms with Crippen LogP contribution >= 0.6 is 0 Å². The first-order chi connectivity index (χ1) is 8.15. The Morgan fingerprint density at radius 2 is 1.76 bits per heavy atom. The molecule has 0 bridgehead atoms. The van der Waals surface area contributed by atoms with Gasteiger partial charge in [-0.25, -0.2) is 4.98 Å². The summed E-state index contributed by atoms with van der Waals surface area (Å²) in [6.07, 6.45) is 0. The lowest BCUT2D eigenvalue weighted by Gasteiger charge is -2.13. The summed E-state index contributed by atoms with van der Waals surface area (Å²) in [7, 11) is 3.97. The van der Waals surface area contributed by atoms with Crippen LogP contribution in [0.25, 0.3) is 0 Å². The van der Waals surface area contributed by atoms with E-state index < -0.39 is 5.95 Å². The number of nitrogens with zero attached hydrogens (tertiary/aromatic N) is 2. The molecule has 0 saturated heterocycles. The number of aromatic nitrogens is 1. The quantitative estimate of drug-likeness (QED) is 0.823. The number of hydrogen-bond acceptors (Lipinski definition) is 3. The van der Waals surface area contributed by atoms with Gasteiger partial charge in [-0.15, -0.1) is 0 Å². The highest BCUT2D eigenvalue weighted by Gasteiger charge is 1.99. The van der Waals surface area contributed by atoms with Crippen LogP contribution in [0.1, 0.15) is 0 Å². The SMILES string of the molecule is CN(C)c1ccc(Nc2cccc(F)n2)cc1. The van der Waals surface area contributed by atoms with Gasteiger partial charge in [0.1, 0.15) is 5.82 Å². The van der Waals surface area contributed by atoms with E-state index in [0.29, 0.717) is 5.82 Å². The molecule has 0 aliphatic rings. The van der Waals surface area contributed by atoms with Crippen LogP contribution < -0.4 is 10.2 Å². The van der Waals surface area contributed by atoms with Crippen molar-refractivity contribution in [3.05, 3.63) is 48.4 Å². The summed E-state index contributed by atoms with van der Waals surface area (Å²) in [4.78, 5) is 5.76. The van der Waals surface area contributed by atoms with E-state index >= 15 is 0 Å². The molecular weight excluding hydrogens is 217 g/mol. The van der Waals surface area contributed by atoms with Gasteiger partial charge in [-0.3, -0.25) is 0 Å². The van der Waals surface area contributed by atoms with Crippen molar-refractivity contribution in [1.82, 2.24) is 4.98 Å². The molecule has 2 aromatic rings. The maximum absolute atomic E-state index is 12.9. The van der Waals surface area contributed by atoms with Crippen LogP contribution in [0.5, 0.6) is 0 Å². The predicted octanol–water partition coefficient (Wildman–Crippen LogP) is 3.03. The fourth-order valence-electron chi connectivity index (χ4n) is 1.47.